The highest BCUT2D eigenvalue weighted by atomic mass is 15.6. The number of hydrogen-bond donors (Lipinski definition) is 1. The maximum absolute atomic E-state index is 4.34. The van der Waals surface area contributed by atoms with E-state index in [0.717, 1.165) is 31.4 Å². The molecule has 112 valence electrons. The van der Waals surface area contributed by atoms with Gasteiger partial charge in [0.2, 0.25) is 0 Å². The molecule has 0 spiro atoms. The summed E-state index contributed by atoms with van der Waals surface area (Å²) in [6, 6.07) is 1.18. The lowest BCUT2D eigenvalue weighted by molar-refractivity contribution is 0.0666. The van der Waals surface area contributed by atoms with Crippen LogP contribution in [0.2, 0.25) is 0 Å². The van der Waals surface area contributed by atoms with Crippen LogP contribution in [0.1, 0.15) is 44.9 Å². The van der Waals surface area contributed by atoms with Crippen molar-refractivity contribution < 1.29 is 0 Å². The van der Waals surface area contributed by atoms with E-state index in [1.165, 1.54) is 32.1 Å². The lowest BCUT2D eigenvalue weighted by Gasteiger charge is -2.43. The van der Waals surface area contributed by atoms with E-state index < -0.39 is 0 Å². The molecule has 6 heteroatoms. The molecular weight excluding hydrogens is 252 g/mol. The average molecular weight is 278 g/mol. The predicted octanol–water partition coefficient (Wildman–Crippen LogP) is 0.953. The first-order chi connectivity index (χ1) is 9.72. The van der Waals surface area contributed by atoms with E-state index in [9.17, 15) is 0 Å². The van der Waals surface area contributed by atoms with Crippen LogP contribution >= 0.6 is 0 Å². The molecule has 1 aliphatic carbocycles. The van der Waals surface area contributed by atoms with Crippen molar-refractivity contribution in [1.29, 1.82) is 0 Å². The highest BCUT2D eigenvalue weighted by Crippen LogP contribution is 2.30. The Bertz CT molecular complexity index is 425. The molecule has 2 atom stereocenters. The zero-order valence-electron chi connectivity index (χ0n) is 12.6. The first kappa shape index (κ1) is 13.9. The van der Waals surface area contributed by atoms with Gasteiger partial charge in [-0.3, -0.25) is 4.90 Å². The molecule has 1 saturated carbocycles. The van der Waals surface area contributed by atoms with Crippen LogP contribution < -0.4 is 5.32 Å². The normalized spacial score (nSPS) is 29.7. The predicted molar refractivity (Wildman–Crippen MR) is 77.0 cm³/mol. The number of piperazine rings is 1. The van der Waals surface area contributed by atoms with Gasteiger partial charge in [0.25, 0.3) is 0 Å². The molecule has 2 heterocycles. The largest absolute Gasteiger partial charge is 0.311 e. The number of nitrogens with one attached hydrogen (secondary N) is 1. The minimum Gasteiger partial charge on any atom is -0.311 e. The van der Waals surface area contributed by atoms with Gasteiger partial charge in [-0.2, -0.15) is 4.80 Å². The summed E-state index contributed by atoms with van der Waals surface area (Å²) in [7, 11) is 1.83. The lowest BCUT2D eigenvalue weighted by atomic mass is 9.82. The Hall–Kier alpha value is -1.01. The fraction of sp³-hybridized carbons (Fsp3) is 0.929. The summed E-state index contributed by atoms with van der Waals surface area (Å²) in [6.07, 6.45) is 6.97. The SMILES string of the molecule is CC1CN(Cc2nnn(C)n2)C(C2CCCCC2)CN1. The summed E-state index contributed by atoms with van der Waals surface area (Å²) < 4.78 is 0. The number of aryl methyl sites for hydroxylation is 1. The van der Waals surface area contributed by atoms with Gasteiger partial charge in [0, 0.05) is 25.2 Å². The van der Waals surface area contributed by atoms with Crippen molar-refractivity contribution in [2.75, 3.05) is 13.1 Å². The Labute approximate surface area is 120 Å². The molecule has 1 aliphatic heterocycles. The molecule has 1 aromatic heterocycles. The summed E-state index contributed by atoms with van der Waals surface area (Å²) >= 11 is 0. The second-order valence-corrected chi connectivity index (χ2v) is 6.40. The topological polar surface area (TPSA) is 58.9 Å². The molecule has 1 N–H and O–H groups in total. The number of nitrogens with zero attached hydrogens (tertiary/aromatic N) is 5. The third kappa shape index (κ3) is 3.17. The van der Waals surface area contributed by atoms with Crippen LogP contribution in [0.3, 0.4) is 0 Å². The molecule has 3 rings (SSSR count). The summed E-state index contributed by atoms with van der Waals surface area (Å²) in [4.78, 5) is 4.13. The van der Waals surface area contributed by atoms with Gasteiger partial charge in [-0.1, -0.05) is 19.3 Å². The number of hydrogen-bond acceptors (Lipinski definition) is 5. The van der Waals surface area contributed by atoms with E-state index in [-0.39, 0.29) is 0 Å². The van der Waals surface area contributed by atoms with Crippen molar-refractivity contribution in [1.82, 2.24) is 30.4 Å². The monoisotopic (exact) mass is 278 g/mol. The standard InChI is InChI=1S/C14H26N6/c1-11-9-20(10-14-16-18-19(2)17-14)13(8-15-11)12-6-4-3-5-7-12/h11-13,15H,3-10H2,1-2H3. The van der Waals surface area contributed by atoms with Crippen molar-refractivity contribution in [3.05, 3.63) is 5.82 Å². The van der Waals surface area contributed by atoms with Crippen molar-refractivity contribution in [2.45, 2.75) is 57.7 Å². The Morgan fingerprint density at radius 1 is 1.25 bits per heavy atom. The van der Waals surface area contributed by atoms with Gasteiger partial charge in [0.1, 0.15) is 0 Å². The van der Waals surface area contributed by atoms with Gasteiger partial charge in [-0.05, 0) is 30.9 Å². The van der Waals surface area contributed by atoms with Crippen molar-refractivity contribution in [3.63, 3.8) is 0 Å². The summed E-state index contributed by atoms with van der Waals surface area (Å²) in [5, 5.41) is 16.1. The molecule has 20 heavy (non-hydrogen) atoms. The fourth-order valence-corrected chi connectivity index (χ4v) is 3.74. The maximum atomic E-state index is 4.34. The third-order valence-corrected chi connectivity index (χ3v) is 4.74. The molecule has 2 aliphatic rings. The highest BCUT2D eigenvalue weighted by Gasteiger charge is 2.33. The van der Waals surface area contributed by atoms with Crippen LogP contribution in [0.5, 0.6) is 0 Å². The van der Waals surface area contributed by atoms with Crippen molar-refractivity contribution in [3.8, 4) is 0 Å². The average Bonchev–Trinajstić information content (AvgIpc) is 2.85. The molecule has 2 fully saturated rings. The summed E-state index contributed by atoms with van der Waals surface area (Å²) in [5.74, 6) is 1.68. The van der Waals surface area contributed by atoms with Gasteiger partial charge in [-0.15, -0.1) is 10.2 Å². The van der Waals surface area contributed by atoms with Crippen molar-refractivity contribution >= 4 is 0 Å². The van der Waals surface area contributed by atoms with E-state index in [0.29, 0.717) is 12.1 Å². The third-order valence-electron chi connectivity index (χ3n) is 4.74. The first-order valence-corrected chi connectivity index (χ1v) is 7.92. The van der Waals surface area contributed by atoms with E-state index in [4.69, 9.17) is 0 Å². The van der Waals surface area contributed by atoms with E-state index in [1.807, 2.05) is 7.05 Å². The molecular formula is C14H26N6. The second kappa shape index (κ2) is 6.18. The molecule has 0 amide bonds. The quantitative estimate of drug-likeness (QED) is 0.892. The van der Waals surface area contributed by atoms with E-state index in [1.54, 1.807) is 4.80 Å². The Balaban J connectivity index is 1.69. The molecule has 0 bridgehead atoms. The summed E-state index contributed by atoms with van der Waals surface area (Å²) in [6.45, 7) is 5.28. The van der Waals surface area contributed by atoms with Gasteiger partial charge >= 0.3 is 0 Å². The molecule has 1 saturated heterocycles. The van der Waals surface area contributed by atoms with Crippen LogP contribution in [0.25, 0.3) is 0 Å². The highest BCUT2D eigenvalue weighted by molar-refractivity contribution is 4.92. The van der Waals surface area contributed by atoms with E-state index >= 15 is 0 Å². The lowest BCUT2D eigenvalue weighted by Crippen LogP contribution is -2.57. The van der Waals surface area contributed by atoms with Crippen LogP contribution in [-0.4, -0.2) is 50.3 Å². The Morgan fingerprint density at radius 2 is 2.05 bits per heavy atom. The zero-order chi connectivity index (χ0) is 13.9. The molecule has 0 radical (unpaired) electrons. The zero-order valence-corrected chi connectivity index (χ0v) is 12.6. The summed E-state index contributed by atoms with van der Waals surface area (Å²) in [5.41, 5.74) is 0. The number of rotatable bonds is 3. The van der Waals surface area contributed by atoms with Crippen LogP contribution in [-0.2, 0) is 13.6 Å². The molecule has 2 unspecified atom stereocenters. The number of tetrazole rings is 1. The first-order valence-electron chi connectivity index (χ1n) is 7.92. The van der Waals surface area contributed by atoms with Crippen molar-refractivity contribution in [2.24, 2.45) is 13.0 Å². The molecule has 1 aromatic rings. The second-order valence-electron chi connectivity index (χ2n) is 6.40. The minimum atomic E-state index is 0.548. The van der Waals surface area contributed by atoms with Gasteiger partial charge < -0.3 is 5.32 Å². The Morgan fingerprint density at radius 3 is 2.75 bits per heavy atom. The molecule has 0 aromatic carbocycles. The Kier molecular flexibility index (Phi) is 4.31. The molecule has 6 nitrogen and oxygen atoms in total. The van der Waals surface area contributed by atoms with Crippen LogP contribution in [0.4, 0.5) is 0 Å². The minimum absolute atomic E-state index is 0.548. The van der Waals surface area contributed by atoms with Crippen LogP contribution in [0.15, 0.2) is 0 Å². The van der Waals surface area contributed by atoms with Crippen LogP contribution in [0, 0.1) is 5.92 Å². The fourth-order valence-electron chi connectivity index (χ4n) is 3.74. The van der Waals surface area contributed by atoms with Gasteiger partial charge in [0.05, 0.1) is 13.6 Å². The van der Waals surface area contributed by atoms with Gasteiger partial charge in [0.15, 0.2) is 5.82 Å². The smallest absolute Gasteiger partial charge is 0.188 e. The maximum Gasteiger partial charge on any atom is 0.188 e. The van der Waals surface area contributed by atoms with Gasteiger partial charge in [-0.25, -0.2) is 0 Å². The van der Waals surface area contributed by atoms with E-state index in [2.05, 4.69) is 32.6 Å². The number of aromatic nitrogens is 4.